The summed E-state index contributed by atoms with van der Waals surface area (Å²) in [5, 5.41) is 8.63. The van der Waals surface area contributed by atoms with Gasteiger partial charge in [-0.1, -0.05) is 66.2 Å². The number of Topliss-reactive ketones (excluding diaryl/α,β-unsaturated/α-hetero) is 1. The van der Waals surface area contributed by atoms with Crippen molar-refractivity contribution in [2.75, 3.05) is 5.32 Å². The minimum Gasteiger partial charge on any atom is -0.378 e. The van der Waals surface area contributed by atoms with Crippen LogP contribution in [-0.2, 0) is 13.1 Å². The Morgan fingerprint density at radius 3 is 2.37 bits per heavy atom. The largest absolute Gasteiger partial charge is 0.378 e. The van der Waals surface area contributed by atoms with Gasteiger partial charge in [-0.3, -0.25) is 9.36 Å². The Morgan fingerprint density at radius 2 is 1.67 bits per heavy atom. The maximum absolute atomic E-state index is 12.7. The molecule has 0 aliphatic carbocycles. The Hall–Kier alpha value is -3.22. The van der Waals surface area contributed by atoms with E-state index < -0.39 is 0 Å². The molecule has 5 nitrogen and oxygen atoms in total. The molecule has 3 aromatic carbocycles. The molecule has 7 heteroatoms. The number of aromatic nitrogens is 3. The van der Waals surface area contributed by atoms with Crippen LogP contribution in [0.2, 0.25) is 5.02 Å². The molecular formula is C23H19ClN4OS. The fraction of sp³-hybridized carbons (Fsp3) is 0.0870. The molecule has 0 saturated heterocycles. The molecule has 150 valence electrons. The molecule has 4 aromatic rings. The van der Waals surface area contributed by atoms with Crippen molar-refractivity contribution in [1.29, 1.82) is 0 Å². The summed E-state index contributed by atoms with van der Waals surface area (Å²) < 4.78 is 3.92. The van der Waals surface area contributed by atoms with Crippen molar-refractivity contribution >= 4 is 35.3 Å². The molecule has 1 heterocycles. The van der Waals surface area contributed by atoms with Gasteiger partial charge in [0.05, 0.1) is 6.54 Å². The van der Waals surface area contributed by atoms with Crippen LogP contribution >= 0.6 is 23.8 Å². The van der Waals surface area contributed by atoms with Crippen LogP contribution in [0.15, 0.2) is 84.9 Å². The quantitative estimate of drug-likeness (QED) is 0.306. The standard InChI is InChI=1S/C23H19ClN4OS/c24-18-10-7-11-19(14-18)25-15-22-26-27(16-21(29)17-8-3-1-4-9-17)23(30)28(22)20-12-5-2-6-13-20/h1-14,25H,15-16H2. The predicted molar refractivity (Wildman–Crippen MR) is 122 cm³/mol. The summed E-state index contributed by atoms with van der Waals surface area (Å²) in [6.07, 6.45) is 0. The van der Waals surface area contributed by atoms with Crippen LogP contribution in [0.3, 0.4) is 0 Å². The average Bonchev–Trinajstić information content (AvgIpc) is 3.08. The number of ketones is 1. The van der Waals surface area contributed by atoms with Gasteiger partial charge in [-0.05, 0) is 42.5 Å². The Labute approximate surface area is 184 Å². The number of nitrogens with one attached hydrogen (secondary N) is 1. The molecule has 4 rings (SSSR count). The maximum Gasteiger partial charge on any atom is 0.203 e. The van der Waals surface area contributed by atoms with E-state index in [9.17, 15) is 4.79 Å². The van der Waals surface area contributed by atoms with Gasteiger partial charge in [-0.2, -0.15) is 5.10 Å². The lowest BCUT2D eigenvalue weighted by Crippen LogP contribution is -2.12. The molecule has 0 fully saturated rings. The molecule has 0 saturated carbocycles. The summed E-state index contributed by atoms with van der Waals surface area (Å²) >= 11 is 11.8. The van der Waals surface area contributed by atoms with Gasteiger partial charge in [-0.15, -0.1) is 0 Å². The lowest BCUT2D eigenvalue weighted by atomic mass is 10.1. The lowest BCUT2D eigenvalue weighted by molar-refractivity contribution is 0.0967. The average molecular weight is 435 g/mol. The number of nitrogens with zero attached hydrogens (tertiary/aromatic N) is 3. The SMILES string of the molecule is O=C(Cn1nc(CNc2cccc(Cl)c2)n(-c2ccccc2)c1=S)c1ccccc1. The van der Waals surface area contributed by atoms with Crippen molar-refractivity contribution in [1.82, 2.24) is 14.3 Å². The van der Waals surface area contributed by atoms with Crippen molar-refractivity contribution in [3.05, 3.63) is 106 Å². The minimum absolute atomic E-state index is 0.0428. The second-order valence-corrected chi connectivity index (χ2v) is 7.48. The van der Waals surface area contributed by atoms with Gasteiger partial charge in [0, 0.05) is 22.0 Å². The van der Waals surface area contributed by atoms with Gasteiger partial charge in [-0.25, -0.2) is 4.68 Å². The highest BCUT2D eigenvalue weighted by atomic mass is 35.5. The molecule has 0 radical (unpaired) electrons. The fourth-order valence-corrected chi connectivity index (χ4v) is 3.64. The van der Waals surface area contributed by atoms with Gasteiger partial charge in [0.2, 0.25) is 4.77 Å². The van der Waals surface area contributed by atoms with E-state index in [1.54, 1.807) is 16.8 Å². The number of anilines is 1. The molecule has 0 aliphatic heterocycles. The first-order chi connectivity index (χ1) is 14.6. The lowest BCUT2D eigenvalue weighted by Gasteiger charge is -2.09. The number of benzene rings is 3. The smallest absolute Gasteiger partial charge is 0.203 e. The number of para-hydroxylation sites is 1. The fourth-order valence-electron chi connectivity index (χ4n) is 3.14. The van der Waals surface area contributed by atoms with Gasteiger partial charge < -0.3 is 5.32 Å². The monoisotopic (exact) mass is 434 g/mol. The summed E-state index contributed by atoms with van der Waals surface area (Å²) in [5.41, 5.74) is 2.40. The molecule has 0 aliphatic rings. The minimum atomic E-state index is -0.0428. The summed E-state index contributed by atoms with van der Waals surface area (Å²) in [4.78, 5) is 12.7. The zero-order valence-electron chi connectivity index (χ0n) is 16.0. The summed E-state index contributed by atoms with van der Waals surface area (Å²) in [7, 11) is 0. The first kappa shape index (κ1) is 20.1. The van der Waals surface area contributed by atoms with Crippen molar-refractivity contribution in [2.24, 2.45) is 0 Å². The van der Waals surface area contributed by atoms with Crippen molar-refractivity contribution in [3.63, 3.8) is 0 Å². The number of rotatable bonds is 7. The van der Waals surface area contributed by atoms with Crippen LogP contribution in [0.5, 0.6) is 0 Å². The number of carbonyl (C=O) groups excluding carboxylic acids is 1. The highest BCUT2D eigenvalue weighted by molar-refractivity contribution is 7.71. The third-order valence-corrected chi connectivity index (χ3v) is 5.21. The summed E-state index contributed by atoms with van der Waals surface area (Å²) in [6.45, 7) is 0.498. The number of carbonyl (C=O) groups is 1. The van der Waals surface area contributed by atoms with Gasteiger partial charge in [0.15, 0.2) is 11.6 Å². The van der Waals surface area contributed by atoms with Crippen LogP contribution < -0.4 is 5.32 Å². The third kappa shape index (κ3) is 4.50. The summed E-state index contributed by atoms with van der Waals surface area (Å²) in [6, 6.07) is 26.4. The van der Waals surface area contributed by atoms with E-state index in [0.29, 0.717) is 27.7 Å². The van der Waals surface area contributed by atoms with E-state index in [4.69, 9.17) is 23.8 Å². The van der Waals surface area contributed by atoms with Gasteiger partial charge in [0.25, 0.3) is 0 Å². The number of hydrogen-bond donors (Lipinski definition) is 1. The first-order valence-electron chi connectivity index (χ1n) is 9.43. The van der Waals surface area contributed by atoms with Crippen LogP contribution in [0.1, 0.15) is 16.2 Å². The van der Waals surface area contributed by atoms with E-state index >= 15 is 0 Å². The molecule has 0 bridgehead atoms. The normalized spacial score (nSPS) is 10.7. The van der Waals surface area contributed by atoms with Crippen molar-refractivity contribution < 1.29 is 4.79 Å². The van der Waals surface area contributed by atoms with Gasteiger partial charge in [0.1, 0.15) is 6.54 Å². The zero-order chi connectivity index (χ0) is 20.9. The Morgan fingerprint density at radius 1 is 0.967 bits per heavy atom. The van der Waals surface area contributed by atoms with E-state index in [-0.39, 0.29) is 12.3 Å². The Bertz CT molecular complexity index is 1220. The van der Waals surface area contributed by atoms with E-state index in [1.807, 2.05) is 77.4 Å². The van der Waals surface area contributed by atoms with E-state index in [0.717, 1.165) is 11.4 Å². The van der Waals surface area contributed by atoms with Crippen molar-refractivity contribution in [3.8, 4) is 5.69 Å². The number of halogens is 1. The Kier molecular flexibility index (Phi) is 6.07. The van der Waals surface area contributed by atoms with Crippen LogP contribution in [0.25, 0.3) is 5.69 Å². The molecule has 0 atom stereocenters. The zero-order valence-corrected chi connectivity index (χ0v) is 17.6. The Balaban J connectivity index is 1.66. The molecular weight excluding hydrogens is 416 g/mol. The topological polar surface area (TPSA) is 51.9 Å². The van der Waals surface area contributed by atoms with E-state index in [1.165, 1.54) is 0 Å². The van der Waals surface area contributed by atoms with Crippen molar-refractivity contribution in [2.45, 2.75) is 13.1 Å². The first-order valence-corrected chi connectivity index (χ1v) is 10.2. The molecule has 0 unspecified atom stereocenters. The summed E-state index contributed by atoms with van der Waals surface area (Å²) in [5.74, 6) is 0.658. The van der Waals surface area contributed by atoms with Gasteiger partial charge >= 0.3 is 0 Å². The molecule has 0 spiro atoms. The third-order valence-electron chi connectivity index (χ3n) is 4.59. The molecule has 0 amide bonds. The van der Waals surface area contributed by atoms with E-state index in [2.05, 4.69) is 10.4 Å². The van der Waals surface area contributed by atoms with Crippen LogP contribution in [0, 0.1) is 4.77 Å². The van der Waals surface area contributed by atoms with Crippen LogP contribution in [-0.4, -0.2) is 20.1 Å². The second-order valence-electron chi connectivity index (χ2n) is 6.68. The molecule has 30 heavy (non-hydrogen) atoms. The van der Waals surface area contributed by atoms with Crippen LogP contribution in [0.4, 0.5) is 5.69 Å². The number of hydrogen-bond acceptors (Lipinski definition) is 4. The highest BCUT2D eigenvalue weighted by Crippen LogP contribution is 2.18. The second kappa shape index (κ2) is 9.07. The molecule has 1 N–H and O–H groups in total. The predicted octanol–water partition coefficient (Wildman–Crippen LogP) is 5.55. The molecule has 1 aromatic heterocycles. The maximum atomic E-state index is 12.7. The highest BCUT2D eigenvalue weighted by Gasteiger charge is 2.15.